The maximum absolute atomic E-state index is 11.5. The molecule has 5 unspecified atom stereocenters. The molecule has 1 saturated carbocycles. The van der Waals surface area contributed by atoms with E-state index < -0.39 is 0 Å². The fourth-order valence-corrected chi connectivity index (χ4v) is 5.50. The summed E-state index contributed by atoms with van der Waals surface area (Å²) in [6, 6.07) is 0. The van der Waals surface area contributed by atoms with Gasteiger partial charge in [0.2, 0.25) is 5.91 Å². The highest BCUT2D eigenvalue weighted by molar-refractivity contribution is 7.99. The standard InChI is InChI=1S/C20H35NO4S/c1-14(3-8-20(22)21(2)23)26-12-10-17-16(18-6-7-19(17)25-18)9-11-24-13-15-4-5-15/h14-19,23H,3-13H2,1-2H3. The number of rotatable bonds is 12. The lowest BCUT2D eigenvalue weighted by molar-refractivity contribution is -0.159. The molecule has 5 nitrogen and oxygen atoms in total. The van der Waals surface area contributed by atoms with E-state index in [2.05, 4.69) is 6.92 Å². The third kappa shape index (κ3) is 5.85. The zero-order valence-corrected chi connectivity index (χ0v) is 17.1. The van der Waals surface area contributed by atoms with E-state index in [1.54, 1.807) is 0 Å². The summed E-state index contributed by atoms with van der Waals surface area (Å²) in [5, 5.41) is 10.3. The van der Waals surface area contributed by atoms with Crippen LogP contribution in [0, 0.1) is 17.8 Å². The molecule has 3 fully saturated rings. The Hall–Kier alpha value is -0.300. The molecule has 0 aromatic carbocycles. The number of thioether (sulfide) groups is 1. The van der Waals surface area contributed by atoms with Crippen molar-refractivity contribution in [2.45, 2.75) is 75.7 Å². The first-order valence-electron chi connectivity index (χ1n) is 10.3. The van der Waals surface area contributed by atoms with Gasteiger partial charge in [0.1, 0.15) is 0 Å². The highest BCUT2D eigenvalue weighted by Crippen LogP contribution is 2.47. The summed E-state index contributed by atoms with van der Waals surface area (Å²) in [4.78, 5) is 11.5. The van der Waals surface area contributed by atoms with Gasteiger partial charge in [-0.25, -0.2) is 5.06 Å². The molecule has 5 atom stereocenters. The summed E-state index contributed by atoms with van der Waals surface area (Å²) in [6.45, 7) is 4.03. The van der Waals surface area contributed by atoms with Crippen LogP contribution in [-0.4, -0.2) is 59.6 Å². The molecule has 0 aromatic rings. The van der Waals surface area contributed by atoms with Crippen LogP contribution in [0.3, 0.4) is 0 Å². The molecule has 0 aromatic heterocycles. The minimum absolute atomic E-state index is 0.204. The molecule has 0 spiro atoms. The number of amides is 1. The number of hydrogen-bond acceptors (Lipinski definition) is 5. The van der Waals surface area contributed by atoms with Crippen molar-refractivity contribution < 1.29 is 19.5 Å². The molecule has 2 heterocycles. The summed E-state index contributed by atoms with van der Waals surface area (Å²) >= 11 is 1.95. The van der Waals surface area contributed by atoms with Gasteiger partial charge in [-0.05, 0) is 68.5 Å². The summed E-state index contributed by atoms with van der Waals surface area (Å²) in [6.07, 6.45) is 9.70. The predicted octanol–water partition coefficient (Wildman–Crippen LogP) is 3.74. The molecule has 3 aliphatic rings. The Bertz CT molecular complexity index is 457. The highest BCUT2D eigenvalue weighted by Gasteiger charge is 2.47. The normalized spacial score (nSPS) is 31.3. The van der Waals surface area contributed by atoms with E-state index in [4.69, 9.17) is 14.7 Å². The van der Waals surface area contributed by atoms with Crippen molar-refractivity contribution in [1.29, 1.82) is 0 Å². The van der Waals surface area contributed by atoms with E-state index in [-0.39, 0.29) is 5.91 Å². The Morgan fingerprint density at radius 1 is 1.23 bits per heavy atom. The van der Waals surface area contributed by atoms with Gasteiger partial charge in [0, 0.05) is 31.9 Å². The van der Waals surface area contributed by atoms with E-state index in [9.17, 15) is 4.79 Å². The third-order valence-corrected chi connectivity index (χ3v) is 7.49. The van der Waals surface area contributed by atoms with Crippen molar-refractivity contribution in [3.63, 3.8) is 0 Å². The molecule has 6 heteroatoms. The Labute approximate surface area is 162 Å². The second-order valence-electron chi connectivity index (χ2n) is 8.35. The van der Waals surface area contributed by atoms with E-state index in [1.807, 2.05) is 11.8 Å². The van der Waals surface area contributed by atoms with Gasteiger partial charge in [-0.3, -0.25) is 10.0 Å². The minimum Gasteiger partial charge on any atom is -0.381 e. The number of ether oxygens (including phenoxy) is 2. The van der Waals surface area contributed by atoms with Crippen LogP contribution in [-0.2, 0) is 14.3 Å². The van der Waals surface area contributed by atoms with Crippen molar-refractivity contribution in [2.24, 2.45) is 17.8 Å². The van der Waals surface area contributed by atoms with Crippen molar-refractivity contribution in [1.82, 2.24) is 5.06 Å². The van der Waals surface area contributed by atoms with Gasteiger partial charge in [-0.2, -0.15) is 11.8 Å². The van der Waals surface area contributed by atoms with Crippen LogP contribution in [0.2, 0.25) is 0 Å². The first-order chi connectivity index (χ1) is 12.5. The second-order valence-corrected chi connectivity index (χ2v) is 9.90. The number of fused-ring (bicyclic) bond motifs is 2. The Morgan fingerprint density at radius 2 is 1.92 bits per heavy atom. The number of hydrogen-bond donors (Lipinski definition) is 1. The Morgan fingerprint density at radius 3 is 2.58 bits per heavy atom. The lowest BCUT2D eigenvalue weighted by Gasteiger charge is -2.28. The molecule has 2 aliphatic heterocycles. The predicted molar refractivity (Wildman–Crippen MR) is 103 cm³/mol. The summed E-state index contributed by atoms with van der Waals surface area (Å²) in [7, 11) is 1.39. The molecule has 0 radical (unpaired) electrons. The molecular formula is C20H35NO4S. The van der Waals surface area contributed by atoms with Crippen LogP contribution in [0.4, 0.5) is 0 Å². The second kappa shape index (κ2) is 9.76. The maximum Gasteiger partial charge on any atom is 0.245 e. The summed E-state index contributed by atoms with van der Waals surface area (Å²) in [5.41, 5.74) is 0. The largest absolute Gasteiger partial charge is 0.381 e. The molecule has 26 heavy (non-hydrogen) atoms. The molecule has 150 valence electrons. The van der Waals surface area contributed by atoms with Gasteiger partial charge >= 0.3 is 0 Å². The average molecular weight is 386 g/mol. The van der Waals surface area contributed by atoms with Gasteiger partial charge in [0.25, 0.3) is 0 Å². The average Bonchev–Trinajstić information content (AvgIpc) is 3.23. The van der Waals surface area contributed by atoms with Crippen molar-refractivity contribution in [3.8, 4) is 0 Å². The smallest absolute Gasteiger partial charge is 0.245 e. The molecule has 2 saturated heterocycles. The van der Waals surface area contributed by atoms with Crippen LogP contribution in [0.15, 0.2) is 0 Å². The monoisotopic (exact) mass is 385 g/mol. The number of carbonyl (C=O) groups is 1. The number of hydroxylamine groups is 2. The molecule has 1 aliphatic carbocycles. The van der Waals surface area contributed by atoms with Crippen LogP contribution < -0.4 is 0 Å². The molecule has 3 rings (SSSR count). The van der Waals surface area contributed by atoms with Gasteiger partial charge in [0.05, 0.1) is 12.2 Å². The molecular weight excluding hydrogens is 350 g/mol. The first-order valence-corrected chi connectivity index (χ1v) is 11.4. The zero-order valence-electron chi connectivity index (χ0n) is 16.3. The van der Waals surface area contributed by atoms with Gasteiger partial charge < -0.3 is 9.47 Å². The SMILES string of the molecule is CC(CCC(=O)N(C)O)SCCC1C2CCC(O2)C1CCOCC1CC1. The Balaban J connectivity index is 1.33. The minimum atomic E-state index is -0.204. The van der Waals surface area contributed by atoms with E-state index in [0.717, 1.165) is 37.7 Å². The van der Waals surface area contributed by atoms with E-state index >= 15 is 0 Å². The summed E-state index contributed by atoms with van der Waals surface area (Å²) in [5.74, 6) is 3.13. The van der Waals surface area contributed by atoms with Gasteiger partial charge in [-0.1, -0.05) is 6.92 Å². The van der Waals surface area contributed by atoms with Crippen molar-refractivity contribution in [2.75, 3.05) is 26.0 Å². The van der Waals surface area contributed by atoms with Crippen LogP contribution in [0.5, 0.6) is 0 Å². The van der Waals surface area contributed by atoms with Crippen LogP contribution >= 0.6 is 11.8 Å². The third-order valence-electron chi connectivity index (χ3n) is 6.22. The first kappa shape index (κ1) is 20.4. The highest BCUT2D eigenvalue weighted by atomic mass is 32.2. The van der Waals surface area contributed by atoms with E-state index in [1.165, 1.54) is 39.2 Å². The van der Waals surface area contributed by atoms with Crippen LogP contribution in [0.25, 0.3) is 0 Å². The van der Waals surface area contributed by atoms with Gasteiger partial charge in [0.15, 0.2) is 0 Å². The number of nitrogens with zero attached hydrogens (tertiary/aromatic N) is 1. The van der Waals surface area contributed by atoms with Crippen LogP contribution in [0.1, 0.15) is 58.3 Å². The zero-order chi connectivity index (χ0) is 18.5. The van der Waals surface area contributed by atoms with Crippen molar-refractivity contribution >= 4 is 17.7 Å². The lowest BCUT2D eigenvalue weighted by Crippen LogP contribution is -2.29. The van der Waals surface area contributed by atoms with Crippen molar-refractivity contribution in [3.05, 3.63) is 0 Å². The quantitative estimate of drug-likeness (QED) is 0.315. The maximum atomic E-state index is 11.5. The van der Waals surface area contributed by atoms with E-state index in [0.29, 0.717) is 40.8 Å². The topological polar surface area (TPSA) is 59.0 Å². The molecule has 1 amide bonds. The van der Waals surface area contributed by atoms with Gasteiger partial charge in [-0.15, -0.1) is 0 Å². The fraction of sp³-hybridized carbons (Fsp3) is 0.950. The summed E-state index contributed by atoms with van der Waals surface area (Å²) < 4.78 is 12.1. The molecule has 1 N–H and O–H groups in total. The molecule has 2 bridgehead atoms. The Kier molecular flexibility index (Phi) is 7.67. The number of carbonyl (C=O) groups excluding carboxylic acids is 1. The lowest BCUT2D eigenvalue weighted by atomic mass is 9.76. The fourth-order valence-electron chi connectivity index (χ4n) is 4.40.